The predicted octanol–water partition coefficient (Wildman–Crippen LogP) is 5.27. The molecule has 3 nitrogen and oxygen atoms in total. The van der Waals surface area contributed by atoms with Crippen molar-refractivity contribution in [1.29, 1.82) is 0 Å². The monoisotopic (exact) mass is 430 g/mol. The van der Waals surface area contributed by atoms with Crippen LogP contribution in [0.15, 0.2) is 34.9 Å². The average molecular weight is 431 g/mol. The Kier molecular flexibility index (Phi) is 5.07. The van der Waals surface area contributed by atoms with E-state index in [1.54, 1.807) is 0 Å². The number of alkyl halides is 6. The van der Waals surface area contributed by atoms with Crippen molar-refractivity contribution in [2.24, 2.45) is 0 Å². The molecule has 0 aliphatic rings. The van der Waals surface area contributed by atoms with Gasteiger partial charge >= 0.3 is 12.4 Å². The Morgan fingerprint density at radius 1 is 0.960 bits per heavy atom. The normalized spacial score (nSPS) is 12.2. The van der Waals surface area contributed by atoms with E-state index in [2.05, 4.69) is 20.9 Å². The summed E-state index contributed by atoms with van der Waals surface area (Å²) >= 11 is 2.86. The molecule has 0 fully saturated rings. The molecule has 0 atom stereocenters. The first kappa shape index (κ1) is 19.2. The summed E-state index contributed by atoms with van der Waals surface area (Å²) in [6.07, 6.45) is -9.44. The lowest BCUT2D eigenvalue weighted by Gasteiger charge is -2.14. The number of amides is 1. The van der Waals surface area contributed by atoms with Crippen LogP contribution in [-0.4, -0.2) is 10.9 Å². The van der Waals surface area contributed by atoms with Crippen molar-refractivity contribution in [3.63, 3.8) is 0 Å². The molecule has 0 bridgehead atoms. The quantitative estimate of drug-likeness (QED) is 0.659. The third-order valence-corrected chi connectivity index (χ3v) is 3.49. The van der Waals surface area contributed by atoms with Crippen molar-refractivity contribution in [1.82, 2.24) is 4.98 Å². The van der Waals surface area contributed by atoms with Gasteiger partial charge in [-0.05, 0) is 40.2 Å². The van der Waals surface area contributed by atoms with Gasteiger partial charge in [0.05, 0.1) is 21.8 Å². The molecule has 11 heteroatoms. The van der Waals surface area contributed by atoms with Crippen LogP contribution in [0.1, 0.15) is 21.5 Å². The zero-order valence-corrected chi connectivity index (χ0v) is 13.4. The fourth-order valence-corrected chi connectivity index (χ4v) is 2.19. The number of pyridine rings is 1. The van der Waals surface area contributed by atoms with Gasteiger partial charge in [-0.1, -0.05) is 0 Å². The minimum Gasteiger partial charge on any atom is -0.306 e. The highest BCUT2D eigenvalue weighted by Gasteiger charge is 2.37. The van der Waals surface area contributed by atoms with E-state index in [9.17, 15) is 35.5 Å². The van der Waals surface area contributed by atoms with Crippen LogP contribution in [-0.2, 0) is 12.4 Å². The molecule has 0 aliphatic heterocycles. The van der Waals surface area contributed by atoms with E-state index >= 15 is 0 Å². The molecule has 0 saturated heterocycles. The molecular formula is C14H6BrF7N2O. The van der Waals surface area contributed by atoms with Crippen LogP contribution in [0.2, 0.25) is 0 Å². The number of hydrogen-bond donors (Lipinski definition) is 1. The third-order valence-electron chi connectivity index (χ3n) is 2.89. The maximum Gasteiger partial charge on any atom is 0.416 e. The van der Waals surface area contributed by atoms with Crippen LogP contribution in [0.4, 0.5) is 36.6 Å². The van der Waals surface area contributed by atoms with Crippen LogP contribution >= 0.6 is 15.9 Å². The number of benzene rings is 1. The lowest BCUT2D eigenvalue weighted by molar-refractivity contribution is -0.143. The number of nitrogens with one attached hydrogen (secondary N) is 1. The smallest absolute Gasteiger partial charge is 0.306 e. The summed E-state index contributed by atoms with van der Waals surface area (Å²) in [4.78, 5) is 15.5. The summed E-state index contributed by atoms with van der Waals surface area (Å²) in [7, 11) is 0. The van der Waals surface area contributed by atoms with Gasteiger partial charge in [0, 0.05) is 5.56 Å². The Bertz CT molecular complexity index is 786. The largest absolute Gasteiger partial charge is 0.416 e. The minimum absolute atomic E-state index is 0.0381. The average Bonchev–Trinajstić information content (AvgIpc) is 2.47. The first-order valence-corrected chi connectivity index (χ1v) is 7.09. The highest BCUT2D eigenvalue weighted by Crippen LogP contribution is 2.36. The van der Waals surface area contributed by atoms with Gasteiger partial charge in [-0.2, -0.15) is 26.3 Å². The topological polar surface area (TPSA) is 42.0 Å². The Balaban J connectivity index is 2.44. The number of carbonyl (C=O) groups excluding carboxylic acids is 1. The summed E-state index contributed by atoms with van der Waals surface area (Å²) in [5, 5.41) is 2.01. The van der Waals surface area contributed by atoms with E-state index in [4.69, 9.17) is 0 Å². The molecule has 134 valence electrons. The van der Waals surface area contributed by atoms with Crippen LogP contribution in [0.5, 0.6) is 0 Å². The number of anilines is 1. The molecule has 1 heterocycles. The molecule has 25 heavy (non-hydrogen) atoms. The van der Waals surface area contributed by atoms with Crippen molar-refractivity contribution in [2.75, 3.05) is 5.32 Å². The summed E-state index contributed by atoms with van der Waals surface area (Å²) in [5.41, 5.74) is -4.13. The molecule has 0 unspecified atom stereocenters. The van der Waals surface area contributed by atoms with E-state index in [1.807, 2.05) is 5.32 Å². The lowest BCUT2D eigenvalue weighted by atomic mass is 10.0. The lowest BCUT2D eigenvalue weighted by Crippen LogP contribution is -2.18. The van der Waals surface area contributed by atoms with Crippen molar-refractivity contribution < 1.29 is 35.5 Å². The fraction of sp³-hybridized carbons (Fsp3) is 0.143. The standard InChI is InChI=1S/C14H6BrF7N2O/c15-10-4-9(16)5-23-11(10)24-12(25)6-1-7(13(17,18)19)3-8(2-6)14(20,21)22/h1-5H,(H,23,24,25). The van der Waals surface area contributed by atoms with Crippen molar-refractivity contribution in [2.45, 2.75) is 12.4 Å². The predicted molar refractivity (Wildman–Crippen MR) is 76.3 cm³/mol. The van der Waals surface area contributed by atoms with Gasteiger partial charge in [0.1, 0.15) is 11.6 Å². The third kappa shape index (κ3) is 4.68. The zero-order chi connectivity index (χ0) is 19.0. The molecular weight excluding hydrogens is 425 g/mol. The van der Waals surface area contributed by atoms with Crippen LogP contribution < -0.4 is 5.32 Å². The van der Waals surface area contributed by atoms with Crippen LogP contribution in [0.3, 0.4) is 0 Å². The second kappa shape index (κ2) is 6.62. The maximum atomic E-state index is 12.9. The number of nitrogens with zero attached hydrogens (tertiary/aromatic N) is 1. The Morgan fingerprint density at radius 3 is 1.92 bits per heavy atom. The number of halogens is 8. The summed E-state index contributed by atoms with van der Waals surface area (Å²) in [6.45, 7) is 0. The van der Waals surface area contributed by atoms with Crippen LogP contribution in [0, 0.1) is 5.82 Å². The number of carbonyl (C=O) groups is 1. The second-order valence-electron chi connectivity index (χ2n) is 4.73. The first-order chi connectivity index (χ1) is 11.4. The Hall–Kier alpha value is -2.17. The molecule has 0 radical (unpaired) electrons. The highest BCUT2D eigenvalue weighted by atomic mass is 79.9. The van der Waals surface area contributed by atoms with E-state index in [0.29, 0.717) is 6.20 Å². The SMILES string of the molecule is O=C(Nc1ncc(F)cc1Br)c1cc(C(F)(F)F)cc(C(F)(F)F)c1. The molecule has 1 aromatic heterocycles. The van der Waals surface area contributed by atoms with Gasteiger partial charge in [-0.25, -0.2) is 9.37 Å². The summed E-state index contributed by atoms with van der Waals surface area (Å²) in [5.74, 6) is -2.29. The van der Waals surface area contributed by atoms with Gasteiger partial charge in [0.2, 0.25) is 0 Å². The minimum atomic E-state index is -5.08. The molecule has 2 rings (SSSR count). The molecule has 0 saturated carbocycles. The van der Waals surface area contributed by atoms with Crippen molar-refractivity contribution in [3.05, 3.63) is 57.4 Å². The highest BCUT2D eigenvalue weighted by molar-refractivity contribution is 9.10. The maximum absolute atomic E-state index is 12.9. The zero-order valence-electron chi connectivity index (χ0n) is 11.8. The molecule has 0 spiro atoms. The van der Waals surface area contributed by atoms with Gasteiger partial charge in [0.25, 0.3) is 5.91 Å². The molecule has 0 aliphatic carbocycles. The number of rotatable bonds is 2. The number of hydrogen-bond acceptors (Lipinski definition) is 2. The van der Waals surface area contributed by atoms with Crippen molar-refractivity contribution >= 4 is 27.7 Å². The van der Waals surface area contributed by atoms with Gasteiger partial charge < -0.3 is 5.32 Å². The summed E-state index contributed by atoms with van der Waals surface area (Å²) < 4.78 is 89.5. The van der Waals surface area contributed by atoms with E-state index in [-0.39, 0.29) is 28.5 Å². The molecule has 2 aromatic rings. The fourth-order valence-electron chi connectivity index (χ4n) is 1.77. The Morgan fingerprint density at radius 2 is 1.48 bits per heavy atom. The van der Waals surface area contributed by atoms with Crippen molar-refractivity contribution in [3.8, 4) is 0 Å². The second-order valence-corrected chi connectivity index (χ2v) is 5.59. The van der Waals surface area contributed by atoms with Crippen LogP contribution in [0.25, 0.3) is 0 Å². The molecule has 1 aromatic carbocycles. The molecule has 1 amide bonds. The van der Waals surface area contributed by atoms with E-state index < -0.39 is 40.8 Å². The number of aromatic nitrogens is 1. The first-order valence-electron chi connectivity index (χ1n) is 6.30. The van der Waals surface area contributed by atoms with Gasteiger partial charge in [0.15, 0.2) is 0 Å². The Labute approximate surface area is 144 Å². The van der Waals surface area contributed by atoms with Gasteiger partial charge in [-0.3, -0.25) is 4.79 Å². The van der Waals surface area contributed by atoms with Gasteiger partial charge in [-0.15, -0.1) is 0 Å². The summed E-state index contributed by atoms with van der Waals surface area (Å²) in [6, 6.07) is 1.38. The van der Waals surface area contributed by atoms with E-state index in [1.165, 1.54) is 0 Å². The molecule has 1 N–H and O–H groups in total. The van der Waals surface area contributed by atoms with E-state index in [0.717, 1.165) is 6.07 Å².